The van der Waals surface area contributed by atoms with E-state index in [-0.39, 0.29) is 16.7 Å². The topological polar surface area (TPSA) is 131 Å². The number of sulfonamides is 1. The van der Waals surface area contributed by atoms with Gasteiger partial charge in [-0.1, -0.05) is 12.1 Å². The molecule has 0 fully saturated rings. The van der Waals surface area contributed by atoms with Gasteiger partial charge in [0.25, 0.3) is 0 Å². The van der Waals surface area contributed by atoms with Crippen molar-refractivity contribution in [1.29, 1.82) is 0 Å². The maximum atomic E-state index is 11.2. The van der Waals surface area contributed by atoms with Crippen LogP contribution in [-0.4, -0.2) is 53.9 Å². The van der Waals surface area contributed by atoms with Crippen LogP contribution in [0.15, 0.2) is 34.2 Å². The van der Waals surface area contributed by atoms with Crippen molar-refractivity contribution >= 4 is 25.8 Å². The molecule has 1 aromatic rings. The number of nitrogens with one attached hydrogen (secondary N) is 2. The Kier molecular flexibility index (Phi) is 8.51. The highest BCUT2D eigenvalue weighted by atomic mass is 32.2. The van der Waals surface area contributed by atoms with Crippen molar-refractivity contribution in [2.75, 3.05) is 25.1 Å². The van der Waals surface area contributed by atoms with Gasteiger partial charge in [-0.05, 0) is 44.4 Å². The molecule has 0 saturated heterocycles. The van der Waals surface area contributed by atoms with E-state index < -0.39 is 19.9 Å². The Hall–Kier alpha value is -1.65. The Morgan fingerprint density at radius 1 is 1.19 bits per heavy atom. The van der Waals surface area contributed by atoms with Crippen LogP contribution in [0.25, 0.3) is 0 Å². The summed E-state index contributed by atoms with van der Waals surface area (Å²) >= 11 is 0. The summed E-state index contributed by atoms with van der Waals surface area (Å²) in [5.41, 5.74) is 0.946. The van der Waals surface area contributed by atoms with Gasteiger partial charge in [0.1, 0.15) is 9.84 Å². The van der Waals surface area contributed by atoms with Crippen LogP contribution in [0.1, 0.15) is 25.8 Å². The van der Waals surface area contributed by atoms with Gasteiger partial charge in [-0.2, -0.15) is 0 Å². The molecule has 1 rings (SSSR count). The molecule has 0 aromatic heterocycles. The van der Waals surface area contributed by atoms with E-state index in [9.17, 15) is 16.8 Å². The van der Waals surface area contributed by atoms with Crippen molar-refractivity contribution in [2.24, 2.45) is 10.1 Å². The van der Waals surface area contributed by atoms with Gasteiger partial charge < -0.3 is 10.6 Å². The first kappa shape index (κ1) is 22.4. The van der Waals surface area contributed by atoms with Crippen molar-refractivity contribution in [3.05, 3.63) is 29.8 Å². The summed E-state index contributed by atoms with van der Waals surface area (Å²) in [6.45, 7) is 5.05. The van der Waals surface area contributed by atoms with E-state index in [1.807, 2.05) is 13.8 Å². The first-order valence-corrected chi connectivity index (χ1v) is 12.0. The van der Waals surface area contributed by atoms with E-state index in [0.717, 1.165) is 5.56 Å². The lowest BCUT2D eigenvalue weighted by Gasteiger charge is -2.17. The van der Waals surface area contributed by atoms with Gasteiger partial charge in [-0.15, -0.1) is 0 Å². The van der Waals surface area contributed by atoms with Crippen LogP contribution >= 0.6 is 0 Å². The van der Waals surface area contributed by atoms with E-state index in [1.54, 1.807) is 12.1 Å². The van der Waals surface area contributed by atoms with Crippen molar-refractivity contribution in [3.63, 3.8) is 0 Å². The monoisotopic (exact) mass is 404 g/mol. The smallest absolute Gasteiger partial charge is 0.238 e. The number of nitrogens with zero attached hydrogens (tertiary/aromatic N) is 1. The van der Waals surface area contributed by atoms with E-state index in [2.05, 4.69) is 15.6 Å². The Morgan fingerprint density at radius 2 is 1.81 bits per heavy atom. The van der Waals surface area contributed by atoms with Crippen molar-refractivity contribution in [1.82, 2.24) is 10.6 Å². The van der Waals surface area contributed by atoms with Gasteiger partial charge in [0, 0.05) is 25.4 Å². The molecule has 10 heteroatoms. The summed E-state index contributed by atoms with van der Waals surface area (Å²) in [7, 11) is -6.67. The lowest BCUT2D eigenvalue weighted by atomic mass is 10.1. The molecule has 1 atom stereocenters. The van der Waals surface area contributed by atoms with Gasteiger partial charge in [-0.25, -0.2) is 22.0 Å². The predicted molar refractivity (Wildman–Crippen MR) is 104 cm³/mol. The van der Waals surface area contributed by atoms with Crippen molar-refractivity contribution < 1.29 is 16.8 Å². The zero-order valence-electron chi connectivity index (χ0n) is 15.4. The highest BCUT2D eigenvalue weighted by Gasteiger charge is 2.10. The van der Waals surface area contributed by atoms with Gasteiger partial charge >= 0.3 is 0 Å². The maximum absolute atomic E-state index is 11.2. The molecular formula is C16H28N4O4S2. The van der Waals surface area contributed by atoms with E-state index in [0.29, 0.717) is 31.9 Å². The van der Waals surface area contributed by atoms with Gasteiger partial charge in [-0.3, -0.25) is 4.99 Å². The Bertz CT molecular complexity index is 803. The third kappa shape index (κ3) is 9.16. The number of guanidine groups is 1. The molecule has 0 amide bonds. The molecule has 0 aliphatic rings. The van der Waals surface area contributed by atoms with Crippen molar-refractivity contribution in [2.45, 2.75) is 37.6 Å². The lowest BCUT2D eigenvalue weighted by Crippen LogP contribution is -2.43. The molecule has 1 aromatic carbocycles. The fourth-order valence-electron chi connectivity index (χ4n) is 2.16. The summed E-state index contributed by atoms with van der Waals surface area (Å²) in [5.74, 6) is 0.742. The van der Waals surface area contributed by atoms with E-state index in [4.69, 9.17) is 5.14 Å². The van der Waals surface area contributed by atoms with Crippen LogP contribution in [-0.2, 0) is 26.3 Å². The minimum absolute atomic E-state index is 0.0310. The summed E-state index contributed by atoms with van der Waals surface area (Å²) in [4.78, 5) is 4.55. The molecule has 148 valence electrons. The lowest BCUT2D eigenvalue weighted by molar-refractivity contribution is 0.581. The predicted octanol–water partition coefficient (Wildman–Crippen LogP) is 0.255. The van der Waals surface area contributed by atoms with Crippen LogP contribution in [0, 0.1) is 0 Å². The molecule has 4 N–H and O–H groups in total. The summed E-state index contributed by atoms with van der Waals surface area (Å²) in [5, 5.41) is 11.4. The number of primary sulfonamides is 1. The summed E-state index contributed by atoms with van der Waals surface area (Å²) in [6, 6.07) is 6.35. The van der Waals surface area contributed by atoms with Gasteiger partial charge in [0.15, 0.2) is 5.96 Å². The third-order valence-electron chi connectivity index (χ3n) is 3.57. The standard InChI is InChI=1S/C16H28N4O4S2/c1-4-18-16(20-13(2)10-12-25(3,21)22)19-11-9-14-5-7-15(8-6-14)26(17,23)24/h5-8,13H,4,9-12H2,1-3H3,(H2,17,23,24)(H2,18,19,20). The van der Waals surface area contributed by atoms with Crippen LogP contribution in [0.4, 0.5) is 0 Å². The third-order valence-corrected chi connectivity index (χ3v) is 5.48. The molecule has 0 bridgehead atoms. The Morgan fingerprint density at radius 3 is 2.31 bits per heavy atom. The normalized spacial score (nSPS) is 14.1. The Labute approximate surface area is 156 Å². The van der Waals surface area contributed by atoms with Crippen LogP contribution in [0.5, 0.6) is 0 Å². The number of nitrogens with two attached hydrogens (primary N) is 1. The molecule has 8 nitrogen and oxygen atoms in total. The minimum atomic E-state index is -3.68. The first-order chi connectivity index (χ1) is 12.0. The van der Waals surface area contributed by atoms with Crippen molar-refractivity contribution in [3.8, 4) is 0 Å². The zero-order chi connectivity index (χ0) is 19.8. The molecule has 0 aliphatic heterocycles. The SMILES string of the molecule is CCNC(=NCCc1ccc(S(N)(=O)=O)cc1)NC(C)CCS(C)(=O)=O. The highest BCUT2D eigenvalue weighted by Crippen LogP contribution is 2.09. The van der Waals surface area contributed by atoms with Crippen LogP contribution < -0.4 is 15.8 Å². The quantitative estimate of drug-likeness (QED) is 0.400. The Balaban J connectivity index is 2.60. The first-order valence-electron chi connectivity index (χ1n) is 8.35. The maximum Gasteiger partial charge on any atom is 0.238 e. The van der Waals surface area contributed by atoms with E-state index in [1.165, 1.54) is 18.4 Å². The molecule has 0 spiro atoms. The number of benzene rings is 1. The summed E-state index contributed by atoms with van der Waals surface area (Å²) in [6.07, 6.45) is 2.36. The number of hydrogen-bond donors (Lipinski definition) is 3. The molecule has 0 saturated carbocycles. The average Bonchev–Trinajstić information content (AvgIpc) is 2.52. The molecule has 26 heavy (non-hydrogen) atoms. The second-order valence-electron chi connectivity index (χ2n) is 6.16. The number of aliphatic imine (C=N–C) groups is 1. The molecule has 1 unspecified atom stereocenters. The average molecular weight is 405 g/mol. The van der Waals surface area contributed by atoms with Crippen LogP contribution in [0.2, 0.25) is 0 Å². The molecular weight excluding hydrogens is 376 g/mol. The fraction of sp³-hybridized carbons (Fsp3) is 0.562. The largest absolute Gasteiger partial charge is 0.357 e. The number of hydrogen-bond acceptors (Lipinski definition) is 5. The van der Waals surface area contributed by atoms with Gasteiger partial charge in [0.05, 0.1) is 10.6 Å². The molecule has 0 radical (unpaired) electrons. The second-order valence-corrected chi connectivity index (χ2v) is 9.98. The number of rotatable bonds is 9. The minimum Gasteiger partial charge on any atom is -0.357 e. The summed E-state index contributed by atoms with van der Waals surface area (Å²) < 4.78 is 45.0. The van der Waals surface area contributed by atoms with E-state index >= 15 is 0 Å². The van der Waals surface area contributed by atoms with Crippen LogP contribution in [0.3, 0.4) is 0 Å². The van der Waals surface area contributed by atoms with Gasteiger partial charge in [0.2, 0.25) is 10.0 Å². The zero-order valence-corrected chi connectivity index (χ0v) is 17.0. The highest BCUT2D eigenvalue weighted by molar-refractivity contribution is 7.90. The molecule has 0 aliphatic carbocycles. The second kappa shape index (κ2) is 9.89. The molecule has 0 heterocycles. The fourth-order valence-corrected chi connectivity index (χ4v) is 3.46. The number of sulfone groups is 1.